The predicted octanol–water partition coefficient (Wildman–Crippen LogP) is 1.26. The molecule has 1 fully saturated rings. The molecule has 1 aromatic carbocycles. The van der Waals surface area contributed by atoms with Gasteiger partial charge in [-0.2, -0.15) is 0 Å². The van der Waals surface area contributed by atoms with Crippen molar-refractivity contribution < 1.29 is 32.3 Å². The van der Waals surface area contributed by atoms with E-state index >= 15 is 0 Å². The van der Waals surface area contributed by atoms with Crippen molar-refractivity contribution in [1.29, 1.82) is 0 Å². The molecule has 1 N–H and O–H groups in total. The molecule has 1 aromatic rings. The molecule has 2 rings (SSSR count). The number of esters is 1. The number of likely N-dealkylation sites (tertiary alicyclic amines) is 1. The number of ether oxygens (including phenoxy) is 2. The molecule has 0 radical (unpaired) electrons. The molecule has 10 nitrogen and oxygen atoms in total. The second-order valence-electron chi connectivity index (χ2n) is 8.21. The number of amides is 2. The first-order chi connectivity index (χ1) is 15.5. The van der Waals surface area contributed by atoms with E-state index in [9.17, 15) is 22.8 Å². The maximum atomic E-state index is 12.9. The van der Waals surface area contributed by atoms with Gasteiger partial charge in [-0.3, -0.25) is 14.4 Å². The van der Waals surface area contributed by atoms with Crippen LogP contribution in [0.2, 0.25) is 0 Å². The quantitative estimate of drug-likeness (QED) is 0.525. The first kappa shape index (κ1) is 26.6. The number of carbonyl (C=O) groups is 3. The third-order valence-corrected chi connectivity index (χ3v) is 6.96. The Morgan fingerprint density at radius 1 is 1.21 bits per heavy atom. The SMILES string of the molecule is CCOC(=O)C1CCN(C(=O)CN(C)C(=O)c2ccc(OC)c(S(=O)(=O)NC(C)C)c2)CC1. The van der Waals surface area contributed by atoms with Crippen molar-refractivity contribution in [2.75, 3.05) is 40.4 Å². The lowest BCUT2D eigenvalue weighted by Crippen LogP contribution is -2.45. The molecule has 33 heavy (non-hydrogen) atoms. The van der Waals surface area contributed by atoms with Crippen molar-refractivity contribution in [1.82, 2.24) is 14.5 Å². The van der Waals surface area contributed by atoms with E-state index in [0.717, 1.165) is 0 Å². The molecule has 1 heterocycles. The van der Waals surface area contributed by atoms with E-state index in [2.05, 4.69) is 4.72 Å². The van der Waals surface area contributed by atoms with E-state index in [0.29, 0.717) is 32.5 Å². The number of benzene rings is 1. The summed E-state index contributed by atoms with van der Waals surface area (Å²) in [5.74, 6) is -1.08. The Labute approximate surface area is 195 Å². The number of sulfonamides is 1. The summed E-state index contributed by atoms with van der Waals surface area (Å²) in [5, 5.41) is 0. The standard InChI is InChI=1S/C22H33N3O7S/c1-6-32-22(28)16-9-11-25(12-10-16)20(26)14-24(4)21(27)17-7-8-18(31-5)19(13-17)33(29,30)23-15(2)3/h7-8,13,15-16,23H,6,9-12,14H2,1-5H3. The van der Waals surface area contributed by atoms with Gasteiger partial charge in [0.1, 0.15) is 10.6 Å². The van der Waals surface area contributed by atoms with E-state index in [1.54, 1.807) is 25.7 Å². The van der Waals surface area contributed by atoms with Gasteiger partial charge in [-0.1, -0.05) is 0 Å². The maximum Gasteiger partial charge on any atom is 0.309 e. The number of nitrogens with one attached hydrogen (secondary N) is 1. The number of hydrogen-bond acceptors (Lipinski definition) is 7. The zero-order valence-electron chi connectivity index (χ0n) is 19.8. The van der Waals surface area contributed by atoms with Crippen LogP contribution in [0.25, 0.3) is 0 Å². The summed E-state index contributed by atoms with van der Waals surface area (Å²) in [5.41, 5.74) is 0.122. The fourth-order valence-corrected chi connectivity index (χ4v) is 5.06. The molecule has 0 atom stereocenters. The van der Waals surface area contributed by atoms with Gasteiger partial charge in [-0.25, -0.2) is 13.1 Å². The highest BCUT2D eigenvalue weighted by Crippen LogP contribution is 2.26. The Balaban J connectivity index is 2.07. The molecule has 11 heteroatoms. The summed E-state index contributed by atoms with van der Waals surface area (Å²) in [7, 11) is -1.07. The first-order valence-electron chi connectivity index (χ1n) is 10.9. The molecule has 184 valence electrons. The Kier molecular flexibility index (Phi) is 9.24. The van der Waals surface area contributed by atoms with Gasteiger partial charge in [-0.15, -0.1) is 0 Å². The van der Waals surface area contributed by atoms with Gasteiger partial charge in [-0.05, 0) is 51.8 Å². The van der Waals surface area contributed by atoms with Gasteiger partial charge in [0.25, 0.3) is 5.91 Å². The second kappa shape index (κ2) is 11.5. The molecule has 0 aliphatic carbocycles. The number of carbonyl (C=O) groups excluding carboxylic acids is 3. The smallest absolute Gasteiger partial charge is 0.309 e. The number of likely N-dealkylation sites (N-methyl/N-ethyl adjacent to an activating group) is 1. The summed E-state index contributed by atoms with van der Waals surface area (Å²) in [6, 6.07) is 3.78. The summed E-state index contributed by atoms with van der Waals surface area (Å²) >= 11 is 0. The van der Waals surface area contributed by atoms with Gasteiger partial charge < -0.3 is 19.3 Å². The highest BCUT2D eigenvalue weighted by atomic mass is 32.2. The molecule has 0 bridgehead atoms. The maximum absolute atomic E-state index is 12.9. The number of rotatable bonds is 9. The van der Waals surface area contributed by atoms with Crippen LogP contribution in [-0.4, -0.2) is 82.4 Å². The van der Waals surface area contributed by atoms with E-state index in [1.807, 2.05) is 0 Å². The largest absolute Gasteiger partial charge is 0.495 e. The minimum atomic E-state index is -3.90. The fraction of sp³-hybridized carbons (Fsp3) is 0.591. The lowest BCUT2D eigenvalue weighted by molar-refractivity contribution is -0.151. The van der Waals surface area contributed by atoms with Crippen molar-refractivity contribution in [3.05, 3.63) is 23.8 Å². The fourth-order valence-electron chi connectivity index (χ4n) is 3.61. The average molecular weight is 484 g/mol. The van der Waals surface area contributed by atoms with Crippen LogP contribution in [0, 0.1) is 5.92 Å². The molecule has 0 aromatic heterocycles. The summed E-state index contributed by atoms with van der Waals surface area (Å²) in [4.78, 5) is 40.2. The van der Waals surface area contributed by atoms with Crippen molar-refractivity contribution >= 4 is 27.8 Å². The molecule has 2 amide bonds. The third-order valence-electron chi connectivity index (χ3n) is 5.28. The summed E-state index contributed by atoms with van der Waals surface area (Å²) in [6.45, 7) is 6.12. The molecule has 1 saturated heterocycles. The van der Waals surface area contributed by atoms with Crippen LogP contribution in [0.1, 0.15) is 44.0 Å². The number of methoxy groups -OCH3 is 1. The van der Waals surface area contributed by atoms with Crippen LogP contribution in [0.15, 0.2) is 23.1 Å². The van der Waals surface area contributed by atoms with E-state index in [4.69, 9.17) is 9.47 Å². The Morgan fingerprint density at radius 2 is 1.85 bits per heavy atom. The zero-order valence-corrected chi connectivity index (χ0v) is 20.6. The second-order valence-corrected chi connectivity index (χ2v) is 9.89. The van der Waals surface area contributed by atoms with Gasteiger partial charge in [0, 0.05) is 31.7 Å². The van der Waals surface area contributed by atoms with E-state index < -0.39 is 15.9 Å². The Morgan fingerprint density at radius 3 is 2.39 bits per heavy atom. The average Bonchev–Trinajstić information content (AvgIpc) is 2.77. The molecule has 0 spiro atoms. The van der Waals surface area contributed by atoms with Crippen molar-refractivity contribution in [2.24, 2.45) is 5.92 Å². The van der Waals surface area contributed by atoms with Crippen LogP contribution >= 0.6 is 0 Å². The number of nitrogens with zero attached hydrogens (tertiary/aromatic N) is 2. The lowest BCUT2D eigenvalue weighted by atomic mass is 9.97. The third kappa shape index (κ3) is 6.91. The summed E-state index contributed by atoms with van der Waals surface area (Å²) in [6.07, 6.45) is 1.04. The summed E-state index contributed by atoms with van der Waals surface area (Å²) < 4.78 is 38.0. The molecular weight excluding hydrogens is 450 g/mol. The van der Waals surface area contributed by atoms with Crippen LogP contribution in [0.5, 0.6) is 5.75 Å². The predicted molar refractivity (Wildman–Crippen MR) is 121 cm³/mol. The van der Waals surface area contributed by atoms with Crippen LogP contribution in [-0.2, 0) is 24.3 Å². The van der Waals surface area contributed by atoms with Crippen molar-refractivity contribution in [3.63, 3.8) is 0 Å². The minimum Gasteiger partial charge on any atom is -0.495 e. The van der Waals surface area contributed by atoms with Crippen molar-refractivity contribution in [3.8, 4) is 5.75 Å². The Bertz CT molecular complexity index is 970. The molecular formula is C22H33N3O7S. The number of piperidine rings is 1. The number of hydrogen-bond donors (Lipinski definition) is 1. The Hall–Kier alpha value is -2.66. The van der Waals surface area contributed by atoms with Gasteiger partial charge in [0.05, 0.1) is 26.2 Å². The van der Waals surface area contributed by atoms with Crippen LogP contribution < -0.4 is 9.46 Å². The molecule has 0 saturated carbocycles. The topological polar surface area (TPSA) is 122 Å². The monoisotopic (exact) mass is 483 g/mol. The normalized spacial score (nSPS) is 14.8. The first-order valence-corrected chi connectivity index (χ1v) is 12.4. The van der Waals surface area contributed by atoms with Crippen molar-refractivity contribution in [2.45, 2.75) is 44.6 Å². The van der Waals surface area contributed by atoms with Crippen LogP contribution in [0.4, 0.5) is 0 Å². The molecule has 1 aliphatic rings. The van der Waals surface area contributed by atoms with E-state index in [1.165, 1.54) is 37.3 Å². The zero-order chi connectivity index (χ0) is 24.8. The molecule has 1 aliphatic heterocycles. The highest BCUT2D eigenvalue weighted by molar-refractivity contribution is 7.89. The minimum absolute atomic E-state index is 0.114. The van der Waals surface area contributed by atoms with Gasteiger partial charge >= 0.3 is 5.97 Å². The van der Waals surface area contributed by atoms with Gasteiger partial charge in [0.15, 0.2) is 0 Å². The lowest BCUT2D eigenvalue weighted by Gasteiger charge is -2.32. The van der Waals surface area contributed by atoms with Crippen LogP contribution in [0.3, 0.4) is 0 Å². The van der Waals surface area contributed by atoms with Gasteiger partial charge in [0.2, 0.25) is 15.9 Å². The van der Waals surface area contributed by atoms with E-state index in [-0.39, 0.29) is 46.6 Å². The highest BCUT2D eigenvalue weighted by Gasteiger charge is 2.29. The molecule has 0 unspecified atom stereocenters.